The molecule has 0 spiro atoms. The van der Waals surface area contributed by atoms with Crippen LogP contribution in [0.15, 0.2) is 66.7 Å². The molecule has 4 aromatic rings. The summed E-state index contributed by atoms with van der Waals surface area (Å²) in [7, 11) is 0. The number of carbonyl (C=O) groups excluding carboxylic acids is 2. The van der Waals surface area contributed by atoms with Crippen molar-refractivity contribution in [2.24, 2.45) is 5.41 Å². The van der Waals surface area contributed by atoms with Gasteiger partial charge < -0.3 is 40.3 Å². The summed E-state index contributed by atoms with van der Waals surface area (Å²) in [5, 5.41) is 20.5. The molecule has 0 atom stereocenters. The van der Waals surface area contributed by atoms with Gasteiger partial charge in [-0.1, -0.05) is 31.5 Å². The van der Waals surface area contributed by atoms with Crippen molar-refractivity contribution in [1.82, 2.24) is 25.2 Å². The molecule has 0 saturated carbocycles. The third-order valence-corrected chi connectivity index (χ3v) is 7.89. The number of hydrogen-bond acceptors (Lipinski definition) is 11. The molecule has 0 unspecified atom stereocenters. The predicted octanol–water partition coefficient (Wildman–Crippen LogP) is 6.70. The van der Waals surface area contributed by atoms with Crippen LogP contribution >= 0.6 is 11.6 Å². The third kappa shape index (κ3) is 11.6. The van der Waals surface area contributed by atoms with E-state index in [-0.39, 0.29) is 56.3 Å². The average Bonchev–Trinajstić information content (AvgIpc) is 3.10. The van der Waals surface area contributed by atoms with Crippen LogP contribution in [0.25, 0.3) is 0 Å². The molecule has 0 radical (unpaired) electrons. The number of carbonyl (C=O) groups is 2. The minimum Gasteiger partial charge on any atom is -0.619 e. The van der Waals surface area contributed by atoms with Crippen molar-refractivity contribution >= 4 is 53.6 Å². The minimum atomic E-state index is -4.62. The molecule has 8 rings (SSSR count). The van der Waals surface area contributed by atoms with Crippen LogP contribution in [0.3, 0.4) is 0 Å². The van der Waals surface area contributed by atoms with Crippen molar-refractivity contribution in [2.45, 2.75) is 33.0 Å². The fourth-order valence-electron chi connectivity index (χ4n) is 5.00. The van der Waals surface area contributed by atoms with Crippen LogP contribution < -0.4 is 30.2 Å². The van der Waals surface area contributed by atoms with Gasteiger partial charge in [0.1, 0.15) is 18.2 Å². The Morgan fingerprint density at radius 3 is 2.45 bits per heavy atom. The Morgan fingerprint density at radius 1 is 1.06 bits per heavy atom. The van der Waals surface area contributed by atoms with E-state index in [1.165, 1.54) is 29.2 Å². The number of anilines is 3. The van der Waals surface area contributed by atoms with E-state index in [0.29, 0.717) is 44.4 Å². The van der Waals surface area contributed by atoms with Crippen LogP contribution in [0.1, 0.15) is 36.2 Å². The van der Waals surface area contributed by atoms with Gasteiger partial charge in [0.15, 0.2) is 6.61 Å². The number of nitrogens with zero attached hydrogens (tertiary/aromatic N) is 5. The number of rotatable bonds is 4. The Balaban J connectivity index is 1.37. The normalized spacial score (nSPS) is 15.2. The Kier molecular flexibility index (Phi) is 12.1. The molecule has 2 amide bonds. The van der Waals surface area contributed by atoms with Crippen LogP contribution in [0.4, 0.5) is 41.2 Å². The molecule has 6 bridgehead atoms. The Labute approximate surface area is 307 Å². The maximum atomic E-state index is 13.4. The molecule has 0 fully saturated rings. The molecule has 3 aromatic carbocycles. The lowest BCUT2D eigenvalue weighted by Gasteiger charge is -2.32. The van der Waals surface area contributed by atoms with E-state index in [4.69, 9.17) is 25.8 Å². The lowest BCUT2D eigenvalue weighted by atomic mass is 9.92. The van der Waals surface area contributed by atoms with E-state index >= 15 is 0 Å². The van der Waals surface area contributed by atoms with E-state index in [1.807, 2.05) is 13.8 Å². The first-order chi connectivity index (χ1) is 25.1. The number of benzene rings is 3. The van der Waals surface area contributed by atoms with E-state index in [1.54, 1.807) is 42.5 Å². The van der Waals surface area contributed by atoms with Crippen LogP contribution in [-0.4, -0.2) is 82.3 Å². The van der Waals surface area contributed by atoms with Gasteiger partial charge in [-0.05, 0) is 65.9 Å². The van der Waals surface area contributed by atoms with Gasteiger partial charge in [-0.25, -0.2) is 4.79 Å². The van der Waals surface area contributed by atoms with Gasteiger partial charge in [-0.3, -0.25) is 4.79 Å². The van der Waals surface area contributed by atoms with E-state index < -0.39 is 30.3 Å². The summed E-state index contributed by atoms with van der Waals surface area (Å²) in [5.41, 5.74) is 1.10. The molecule has 0 saturated heterocycles. The second-order valence-corrected chi connectivity index (χ2v) is 13.1. The van der Waals surface area contributed by atoms with Crippen molar-refractivity contribution in [3.05, 3.63) is 88.1 Å². The highest BCUT2D eigenvalue weighted by molar-refractivity contribution is 6.32. The summed E-state index contributed by atoms with van der Waals surface area (Å²) in [6.45, 7) is 6.41. The molecular weight excluding hydrogens is 721 g/mol. The average molecular weight is 757 g/mol. The number of amides is 2. The molecule has 280 valence electrons. The fourth-order valence-corrected chi connectivity index (χ4v) is 5.26. The summed E-state index contributed by atoms with van der Waals surface area (Å²) in [4.78, 5) is 40.2. The highest BCUT2D eigenvalue weighted by Crippen LogP contribution is 2.27. The summed E-state index contributed by atoms with van der Waals surface area (Å²) < 4.78 is 55.4. The van der Waals surface area contributed by atoms with Crippen LogP contribution in [0.5, 0.6) is 17.5 Å². The third-order valence-electron chi connectivity index (χ3n) is 7.59. The zero-order chi connectivity index (χ0) is 38.2. The Hall–Kier alpha value is -5.84. The number of aromatic nitrogens is 3. The van der Waals surface area contributed by atoms with Gasteiger partial charge in [-0.2, -0.15) is 32.9 Å². The minimum absolute atomic E-state index is 0.0725. The largest absolute Gasteiger partial charge is 0.619 e. The number of ether oxygens (including phenoxy) is 3. The molecule has 14 nitrogen and oxygen atoms in total. The summed E-state index contributed by atoms with van der Waals surface area (Å²) in [6.07, 6.45) is -4.86. The number of alkyl halides is 3. The molecule has 4 aliphatic heterocycles. The number of halogens is 4. The smallest absolute Gasteiger partial charge is 0.422 e. The van der Waals surface area contributed by atoms with E-state index in [9.17, 15) is 28.0 Å². The fraction of sp³-hybridized carbons (Fsp3) is 0.314. The van der Waals surface area contributed by atoms with Gasteiger partial charge in [0.2, 0.25) is 17.6 Å². The molecule has 53 heavy (non-hydrogen) atoms. The lowest BCUT2D eigenvalue weighted by molar-refractivity contribution is -0.349. The first-order valence-corrected chi connectivity index (χ1v) is 16.6. The van der Waals surface area contributed by atoms with Crippen LogP contribution in [0, 0.1) is 10.6 Å². The first kappa shape index (κ1) is 38.4. The monoisotopic (exact) mass is 756 g/mol. The topological polar surface area (TPSA) is 166 Å². The maximum Gasteiger partial charge on any atom is 0.422 e. The summed E-state index contributed by atoms with van der Waals surface area (Å²) >= 11 is 6.51. The number of hydrogen-bond donors (Lipinski definition) is 3. The van der Waals surface area contributed by atoms with E-state index in [2.05, 4.69) is 37.6 Å². The highest BCUT2D eigenvalue weighted by Gasteiger charge is 2.30. The Bertz CT molecular complexity index is 1930. The quantitative estimate of drug-likeness (QED) is 0.0878. The summed E-state index contributed by atoms with van der Waals surface area (Å²) in [6, 6.07) is 16.7. The summed E-state index contributed by atoms with van der Waals surface area (Å²) in [5.74, 6) is 0.0624. The second kappa shape index (κ2) is 16.7. The zero-order valence-corrected chi connectivity index (χ0v) is 29.5. The van der Waals surface area contributed by atoms with Gasteiger partial charge in [0.05, 0.1) is 11.6 Å². The zero-order valence-electron chi connectivity index (χ0n) is 28.7. The van der Waals surface area contributed by atoms with Crippen molar-refractivity contribution in [2.75, 3.05) is 43.5 Å². The molecule has 4 aliphatic rings. The molecule has 5 heterocycles. The first-order valence-electron chi connectivity index (χ1n) is 16.2. The SMILES string of the molecule is C=[N+]([O-])c1ccc(OC(=O)N2CCCOc3ccc(cc3Cl)CNc3nc(nc(OCC(F)(F)F)n3)Nc3ccc(cc3)C(=O)NCC(C)(C)C2)cc1. The highest BCUT2D eigenvalue weighted by atomic mass is 35.5. The standard InChI is InChI=1S/C35H36ClF3N8O6/c1-34(2)19-41-29(48)23-6-8-24(9-7-23)42-31-43-30(44-32(45-31)52-21-35(37,38)39)40-18-22-5-14-28(27(36)17-22)51-16-4-15-47(20-34)33(49)53-26-12-10-25(11-13-26)46(3)50/h5-14,17H,3-4,15-16,18-21H2,1-2H3,(H,41,48)(H2,40,42,43,44,45). The van der Waals surface area contributed by atoms with Gasteiger partial charge >= 0.3 is 18.3 Å². The maximum absolute atomic E-state index is 13.4. The van der Waals surface area contributed by atoms with Gasteiger partial charge in [0.25, 0.3) is 5.91 Å². The molecule has 18 heteroatoms. The molecule has 1 aromatic heterocycles. The second-order valence-electron chi connectivity index (χ2n) is 12.7. The lowest BCUT2D eigenvalue weighted by Crippen LogP contribution is -2.46. The van der Waals surface area contributed by atoms with Gasteiger partial charge in [0, 0.05) is 49.6 Å². The van der Waals surface area contributed by atoms with Crippen molar-refractivity contribution in [1.29, 1.82) is 0 Å². The van der Waals surface area contributed by atoms with Crippen LogP contribution in [-0.2, 0) is 6.54 Å². The predicted molar refractivity (Wildman–Crippen MR) is 191 cm³/mol. The molecular formula is C35H36ClF3N8O6. The number of nitrogens with one attached hydrogen (secondary N) is 3. The van der Waals surface area contributed by atoms with Crippen molar-refractivity contribution in [3.63, 3.8) is 0 Å². The van der Waals surface area contributed by atoms with Gasteiger partial charge in [-0.15, -0.1) is 0 Å². The van der Waals surface area contributed by atoms with E-state index in [0.717, 1.165) is 0 Å². The molecule has 0 aliphatic carbocycles. The van der Waals surface area contributed by atoms with Crippen molar-refractivity contribution < 1.29 is 41.7 Å². The van der Waals surface area contributed by atoms with Crippen molar-refractivity contribution in [3.8, 4) is 17.5 Å². The van der Waals surface area contributed by atoms with Crippen LogP contribution in [0.2, 0.25) is 5.02 Å². The Morgan fingerprint density at radius 2 is 1.77 bits per heavy atom. The molecule has 3 N–H and O–H groups in total.